The van der Waals surface area contributed by atoms with Crippen molar-refractivity contribution in [3.8, 4) is 5.75 Å². The van der Waals surface area contributed by atoms with Crippen LogP contribution in [0, 0.1) is 0 Å². The molecular weight excluding hydrogens is 473 g/mol. The Hall–Kier alpha value is -3.12. The summed E-state index contributed by atoms with van der Waals surface area (Å²) in [6, 6.07) is 9.60. The Morgan fingerprint density at radius 1 is 1.12 bits per heavy atom. The van der Waals surface area contributed by atoms with Gasteiger partial charge in [0.15, 0.2) is 0 Å². The number of aromatic nitrogens is 2. The van der Waals surface area contributed by atoms with E-state index in [-0.39, 0.29) is 29.4 Å². The molecule has 0 aliphatic carbocycles. The summed E-state index contributed by atoms with van der Waals surface area (Å²) in [5.74, 6) is -0.134. The van der Waals surface area contributed by atoms with Crippen LogP contribution >= 0.6 is 0 Å². The summed E-state index contributed by atoms with van der Waals surface area (Å²) in [5, 5.41) is 2.61. The zero-order valence-corrected chi connectivity index (χ0v) is 19.7. The third-order valence-electron chi connectivity index (χ3n) is 5.24. The molecule has 1 heterocycles. The molecule has 34 heavy (non-hydrogen) atoms. The first-order valence-electron chi connectivity index (χ1n) is 10.6. The minimum absolute atomic E-state index is 0.0720. The maximum absolute atomic E-state index is 12.8. The lowest BCUT2D eigenvalue weighted by Crippen LogP contribution is -2.30. The summed E-state index contributed by atoms with van der Waals surface area (Å²) in [4.78, 5) is 17.0. The molecule has 3 aromatic rings. The Morgan fingerprint density at radius 2 is 1.76 bits per heavy atom. The lowest BCUT2D eigenvalue weighted by molar-refractivity contribution is -0.274. The molecule has 0 saturated carbocycles. The molecule has 1 N–H and O–H groups in total. The Kier molecular flexibility index (Phi) is 7.51. The maximum atomic E-state index is 12.8. The topological polar surface area (TPSA) is 93.5 Å². The molecule has 1 aromatic heterocycles. The number of hydrogen-bond donors (Lipinski definition) is 1. The zero-order valence-electron chi connectivity index (χ0n) is 18.9. The number of alkyl halides is 3. The zero-order chi connectivity index (χ0) is 25.1. The fourth-order valence-corrected chi connectivity index (χ4v) is 4.99. The maximum Gasteiger partial charge on any atom is 0.573 e. The summed E-state index contributed by atoms with van der Waals surface area (Å²) < 4.78 is 69.2. The Morgan fingerprint density at radius 3 is 2.35 bits per heavy atom. The monoisotopic (exact) mass is 498 g/mol. The van der Waals surface area contributed by atoms with Crippen LogP contribution < -0.4 is 10.1 Å². The van der Waals surface area contributed by atoms with Gasteiger partial charge in [0.1, 0.15) is 11.6 Å². The number of benzene rings is 2. The van der Waals surface area contributed by atoms with Gasteiger partial charge in [-0.1, -0.05) is 13.8 Å². The van der Waals surface area contributed by atoms with Gasteiger partial charge in [0, 0.05) is 38.7 Å². The number of amides is 1. The first-order chi connectivity index (χ1) is 15.9. The molecule has 0 bridgehead atoms. The average molecular weight is 499 g/mol. The van der Waals surface area contributed by atoms with Gasteiger partial charge < -0.3 is 14.6 Å². The van der Waals surface area contributed by atoms with Crippen molar-refractivity contribution in [3.05, 3.63) is 48.3 Å². The second-order valence-corrected chi connectivity index (χ2v) is 9.39. The molecule has 0 saturated heterocycles. The largest absolute Gasteiger partial charge is 0.573 e. The van der Waals surface area contributed by atoms with Gasteiger partial charge in [-0.05, 0) is 42.5 Å². The number of sulfonamides is 1. The number of halogens is 3. The van der Waals surface area contributed by atoms with E-state index >= 15 is 0 Å². The third-order valence-corrected chi connectivity index (χ3v) is 7.28. The van der Waals surface area contributed by atoms with Crippen molar-refractivity contribution in [1.29, 1.82) is 0 Å². The smallest absolute Gasteiger partial charge is 0.406 e. The van der Waals surface area contributed by atoms with E-state index < -0.39 is 16.4 Å². The summed E-state index contributed by atoms with van der Waals surface area (Å²) in [5.41, 5.74) is 1.57. The number of fused-ring (bicyclic) bond motifs is 1. The van der Waals surface area contributed by atoms with E-state index in [1.807, 2.05) is 0 Å². The number of carbonyl (C=O) groups excluding carboxylic acids is 1. The van der Waals surface area contributed by atoms with Crippen molar-refractivity contribution < 1.29 is 31.1 Å². The highest BCUT2D eigenvalue weighted by atomic mass is 32.2. The van der Waals surface area contributed by atoms with Crippen LogP contribution in [0.15, 0.2) is 47.4 Å². The summed E-state index contributed by atoms with van der Waals surface area (Å²) in [6.07, 6.45) is -4.43. The number of anilines is 1. The fourth-order valence-electron chi connectivity index (χ4n) is 3.51. The van der Waals surface area contributed by atoms with Crippen molar-refractivity contribution in [3.63, 3.8) is 0 Å². The molecule has 184 valence electrons. The van der Waals surface area contributed by atoms with Crippen molar-refractivity contribution in [2.45, 2.75) is 37.9 Å². The van der Waals surface area contributed by atoms with E-state index in [0.29, 0.717) is 30.1 Å². The molecule has 8 nitrogen and oxygen atoms in total. The first-order valence-corrected chi connectivity index (χ1v) is 12.0. The van der Waals surface area contributed by atoms with Crippen molar-refractivity contribution in [2.24, 2.45) is 7.05 Å². The number of aryl methyl sites for hydroxylation is 2. The molecule has 3 rings (SSSR count). The lowest BCUT2D eigenvalue weighted by Gasteiger charge is -2.18. The van der Waals surface area contributed by atoms with Crippen molar-refractivity contribution >= 4 is 32.7 Å². The SMILES string of the molecule is CCN(CC)S(=O)(=O)c1ccc2c(c1)nc(CCC(=O)Nc1ccc(OC(F)(F)F)cc1)n2C. The predicted molar refractivity (Wildman–Crippen MR) is 121 cm³/mol. The Balaban J connectivity index is 1.68. The lowest BCUT2D eigenvalue weighted by atomic mass is 10.2. The number of rotatable bonds is 9. The van der Waals surface area contributed by atoms with Crippen LogP contribution in [-0.4, -0.2) is 47.6 Å². The van der Waals surface area contributed by atoms with E-state index in [1.54, 1.807) is 37.6 Å². The summed E-state index contributed by atoms with van der Waals surface area (Å²) in [6.45, 7) is 4.26. The van der Waals surface area contributed by atoms with Crippen LogP contribution in [0.5, 0.6) is 5.75 Å². The molecular formula is C22H25F3N4O4S. The molecule has 0 aliphatic rings. The van der Waals surface area contributed by atoms with Crippen molar-refractivity contribution in [2.75, 3.05) is 18.4 Å². The normalized spacial score (nSPS) is 12.3. The van der Waals surface area contributed by atoms with Gasteiger partial charge in [-0.3, -0.25) is 4.79 Å². The van der Waals surface area contributed by atoms with E-state index in [1.165, 1.54) is 22.5 Å². The highest BCUT2D eigenvalue weighted by Crippen LogP contribution is 2.25. The minimum Gasteiger partial charge on any atom is -0.406 e. The molecule has 0 atom stereocenters. The summed E-state index contributed by atoms with van der Waals surface area (Å²) >= 11 is 0. The van der Waals surface area contributed by atoms with Gasteiger partial charge in [0.2, 0.25) is 15.9 Å². The molecule has 0 radical (unpaired) electrons. The predicted octanol–water partition coefficient (Wildman–Crippen LogP) is 4.07. The van der Waals surface area contributed by atoms with Crippen LogP contribution in [0.3, 0.4) is 0 Å². The Labute approximate surface area is 195 Å². The Bertz CT molecular complexity index is 1270. The number of nitrogens with one attached hydrogen (secondary N) is 1. The minimum atomic E-state index is -4.79. The summed E-state index contributed by atoms with van der Waals surface area (Å²) in [7, 11) is -1.84. The number of ether oxygens (including phenoxy) is 1. The molecule has 2 aromatic carbocycles. The molecule has 0 spiro atoms. The first kappa shape index (κ1) is 25.5. The van der Waals surface area contributed by atoms with Gasteiger partial charge in [-0.25, -0.2) is 13.4 Å². The second kappa shape index (κ2) is 10.0. The number of imidazole rings is 1. The number of nitrogens with zero attached hydrogens (tertiary/aromatic N) is 3. The van der Waals surface area contributed by atoms with Crippen LogP contribution in [0.25, 0.3) is 11.0 Å². The van der Waals surface area contributed by atoms with Crippen LogP contribution in [0.4, 0.5) is 18.9 Å². The highest BCUT2D eigenvalue weighted by molar-refractivity contribution is 7.89. The highest BCUT2D eigenvalue weighted by Gasteiger charge is 2.31. The second-order valence-electron chi connectivity index (χ2n) is 7.45. The number of hydrogen-bond acceptors (Lipinski definition) is 5. The fraction of sp³-hybridized carbons (Fsp3) is 0.364. The van der Waals surface area contributed by atoms with Gasteiger partial charge in [-0.15, -0.1) is 13.2 Å². The quantitative estimate of drug-likeness (QED) is 0.480. The van der Waals surface area contributed by atoms with Gasteiger partial charge in [0.25, 0.3) is 0 Å². The van der Waals surface area contributed by atoms with Crippen LogP contribution in [0.1, 0.15) is 26.1 Å². The third kappa shape index (κ3) is 5.86. The van der Waals surface area contributed by atoms with E-state index in [9.17, 15) is 26.4 Å². The van der Waals surface area contributed by atoms with Gasteiger partial charge in [-0.2, -0.15) is 4.31 Å². The van der Waals surface area contributed by atoms with Crippen LogP contribution in [0.2, 0.25) is 0 Å². The van der Waals surface area contributed by atoms with Gasteiger partial charge in [0.05, 0.1) is 15.9 Å². The number of carbonyl (C=O) groups is 1. The molecule has 1 amide bonds. The molecule has 0 fully saturated rings. The molecule has 0 aliphatic heterocycles. The average Bonchev–Trinajstić information content (AvgIpc) is 3.08. The molecule has 12 heteroatoms. The molecule has 0 unspecified atom stereocenters. The van der Waals surface area contributed by atoms with E-state index in [4.69, 9.17) is 0 Å². The van der Waals surface area contributed by atoms with E-state index in [0.717, 1.165) is 17.6 Å². The standard InChI is InChI=1S/C22H25F3N4O4S/c1-4-29(5-2)34(31,32)17-10-11-19-18(14-17)27-20(28(19)3)12-13-21(30)26-15-6-8-16(9-7-15)33-22(23,24)25/h6-11,14H,4-5,12-13H2,1-3H3,(H,26,30). The van der Waals surface area contributed by atoms with Crippen molar-refractivity contribution in [1.82, 2.24) is 13.9 Å². The van der Waals surface area contributed by atoms with E-state index in [2.05, 4.69) is 15.0 Å². The van der Waals surface area contributed by atoms with Crippen LogP contribution in [-0.2, 0) is 28.3 Å². The van der Waals surface area contributed by atoms with Gasteiger partial charge >= 0.3 is 6.36 Å².